The van der Waals surface area contributed by atoms with Crippen LogP contribution in [0.15, 0.2) is 36.7 Å². The normalized spacial score (nSPS) is 12.3. The van der Waals surface area contributed by atoms with Crippen molar-refractivity contribution >= 4 is 16.7 Å². The van der Waals surface area contributed by atoms with Crippen LogP contribution in [0.25, 0.3) is 10.8 Å². The zero-order valence-corrected chi connectivity index (χ0v) is 12.3. The van der Waals surface area contributed by atoms with Gasteiger partial charge in [-0.15, -0.1) is 0 Å². The number of hydrogen-bond donors (Lipinski definition) is 1. The molecule has 0 aliphatic heterocycles. The second-order valence-corrected chi connectivity index (χ2v) is 5.01. The van der Waals surface area contributed by atoms with Crippen LogP contribution in [0.1, 0.15) is 19.4 Å². The van der Waals surface area contributed by atoms with Crippen molar-refractivity contribution in [1.82, 2.24) is 15.2 Å². The molecule has 1 amide bonds. The summed E-state index contributed by atoms with van der Waals surface area (Å²) in [6.45, 7) is 5.29. The van der Waals surface area contributed by atoms with Gasteiger partial charge < -0.3 is 10.2 Å². The molecule has 106 valence electrons. The van der Waals surface area contributed by atoms with Crippen LogP contribution in [0.4, 0.5) is 0 Å². The van der Waals surface area contributed by atoms with Gasteiger partial charge in [0.1, 0.15) is 0 Å². The SMILES string of the molecule is CCN(C)C(=O)C(C)NCc1ccc2cnccc2c1. The summed E-state index contributed by atoms with van der Waals surface area (Å²) < 4.78 is 0. The lowest BCUT2D eigenvalue weighted by atomic mass is 10.1. The molecule has 1 heterocycles. The Morgan fingerprint density at radius 3 is 2.90 bits per heavy atom. The number of likely N-dealkylation sites (N-methyl/N-ethyl adjacent to an activating group) is 1. The summed E-state index contributed by atoms with van der Waals surface area (Å²) in [7, 11) is 1.82. The van der Waals surface area contributed by atoms with Crippen LogP contribution in [0.5, 0.6) is 0 Å². The molecule has 1 unspecified atom stereocenters. The number of amides is 1. The maximum absolute atomic E-state index is 12.0. The first-order chi connectivity index (χ1) is 9.61. The van der Waals surface area contributed by atoms with Crippen LogP contribution in [-0.2, 0) is 11.3 Å². The van der Waals surface area contributed by atoms with Gasteiger partial charge in [0.25, 0.3) is 0 Å². The van der Waals surface area contributed by atoms with Gasteiger partial charge in [0, 0.05) is 37.9 Å². The highest BCUT2D eigenvalue weighted by molar-refractivity contribution is 5.82. The first kappa shape index (κ1) is 14.5. The van der Waals surface area contributed by atoms with Crippen molar-refractivity contribution in [3.05, 3.63) is 42.2 Å². The molecular formula is C16H21N3O. The fourth-order valence-electron chi connectivity index (χ4n) is 2.09. The molecule has 0 bridgehead atoms. The van der Waals surface area contributed by atoms with Crippen molar-refractivity contribution in [2.24, 2.45) is 0 Å². The monoisotopic (exact) mass is 271 g/mol. The van der Waals surface area contributed by atoms with Gasteiger partial charge in [0.2, 0.25) is 5.91 Å². The molecule has 0 saturated carbocycles. The topological polar surface area (TPSA) is 45.2 Å². The molecule has 2 rings (SSSR count). The van der Waals surface area contributed by atoms with Crippen LogP contribution < -0.4 is 5.32 Å². The lowest BCUT2D eigenvalue weighted by Gasteiger charge is -2.20. The van der Waals surface area contributed by atoms with E-state index in [4.69, 9.17) is 0 Å². The molecule has 1 aromatic carbocycles. The van der Waals surface area contributed by atoms with Crippen molar-refractivity contribution < 1.29 is 4.79 Å². The molecule has 0 aliphatic carbocycles. The minimum absolute atomic E-state index is 0.123. The van der Waals surface area contributed by atoms with E-state index < -0.39 is 0 Å². The fraction of sp³-hybridized carbons (Fsp3) is 0.375. The molecule has 4 heteroatoms. The van der Waals surface area contributed by atoms with E-state index in [0.717, 1.165) is 11.9 Å². The van der Waals surface area contributed by atoms with Crippen molar-refractivity contribution in [3.63, 3.8) is 0 Å². The van der Waals surface area contributed by atoms with Crippen molar-refractivity contribution in [2.45, 2.75) is 26.4 Å². The molecule has 1 N–H and O–H groups in total. The van der Waals surface area contributed by atoms with E-state index in [0.29, 0.717) is 6.54 Å². The molecule has 0 saturated heterocycles. The molecule has 0 fully saturated rings. The fourth-order valence-corrected chi connectivity index (χ4v) is 2.09. The number of benzene rings is 1. The third-order valence-electron chi connectivity index (χ3n) is 3.54. The first-order valence-electron chi connectivity index (χ1n) is 6.93. The Kier molecular flexibility index (Phi) is 4.69. The van der Waals surface area contributed by atoms with E-state index in [-0.39, 0.29) is 11.9 Å². The van der Waals surface area contributed by atoms with E-state index in [9.17, 15) is 4.79 Å². The summed E-state index contributed by atoms with van der Waals surface area (Å²) >= 11 is 0. The molecule has 0 aliphatic rings. The van der Waals surface area contributed by atoms with Gasteiger partial charge in [-0.25, -0.2) is 0 Å². The summed E-state index contributed by atoms with van der Waals surface area (Å²) in [5.41, 5.74) is 1.17. The Hall–Kier alpha value is -1.94. The first-order valence-corrected chi connectivity index (χ1v) is 6.93. The van der Waals surface area contributed by atoms with Crippen LogP contribution >= 0.6 is 0 Å². The summed E-state index contributed by atoms with van der Waals surface area (Å²) in [6.07, 6.45) is 3.65. The van der Waals surface area contributed by atoms with Gasteiger partial charge in [-0.05, 0) is 36.9 Å². The molecule has 4 nitrogen and oxygen atoms in total. The highest BCUT2D eigenvalue weighted by atomic mass is 16.2. The molecule has 0 spiro atoms. The number of fused-ring (bicyclic) bond motifs is 1. The van der Waals surface area contributed by atoms with Crippen LogP contribution in [0, 0.1) is 0 Å². The number of hydrogen-bond acceptors (Lipinski definition) is 3. The molecule has 0 radical (unpaired) electrons. The largest absolute Gasteiger partial charge is 0.345 e. The molecule has 1 aromatic heterocycles. The number of carbonyl (C=O) groups is 1. The third-order valence-corrected chi connectivity index (χ3v) is 3.54. The maximum atomic E-state index is 12.0. The number of aromatic nitrogens is 1. The summed E-state index contributed by atoms with van der Waals surface area (Å²) in [5.74, 6) is 0.123. The van der Waals surface area contributed by atoms with Gasteiger partial charge in [0.05, 0.1) is 6.04 Å². The quantitative estimate of drug-likeness (QED) is 0.906. The van der Waals surface area contributed by atoms with E-state index in [2.05, 4.69) is 28.5 Å². The minimum Gasteiger partial charge on any atom is -0.345 e. The van der Waals surface area contributed by atoms with Crippen LogP contribution in [0.2, 0.25) is 0 Å². The average Bonchev–Trinajstić information content (AvgIpc) is 2.50. The van der Waals surface area contributed by atoms with Gasteiger partial charge in [0.15, 0.2) is 0 Å². The number of carbonyl (C=O) groups excluding carboxylic acids is 1. The Morgan fingerprint density at radius 2 is 2.15 bits per heavy atom. The summed E-state index contributed by atoms with van der Waals surface area (Å²) in [6, 6.07) is 8.08. The molecular weight excluding hydrogens is 250 g/mol. The van der Waals surface area contributed by atoms with Crippen LogP contribution in [0.3, 0.4) is 0 Å². The number of rotatable bonds is 5. The lowest BCUT2D eigenvalue weighted by Crippen LogP contribution is -2.42. The standard InChI is InChI=1S/C16H21N3O/c1-4-19(3)16(20)12(2)18-10-13-5-6-15-11-17-8-7-14(15)9-13/h5-9,11-12,18H,4,10H2,1-3H3. The lowest BCUT2D eigenvalue weighted by molar-refractivity contribution is -0.131. The number of nitrogens with one attached hydrogen (secondary N) is 1. The second kappa shape index (κ2) is 6.48. The molecule has 2 aromatic rings. The summed E-state index contributed by atoms with van der Waals surface area (Å²) in [4.78, 5) is 17.8. The van der Waals surface area contributed by atoms with Gasteiger partial charge in [-0.1, -0.05) is 12.1 Å². The van der Waals surface area contributed by atoms with Crippen molar-refractivity contribution in [3.8, 4) is 0 Å². The van der Waals surface area contributed by atoms with Crippen molar-refractivity contribution in [2.75, 3.05) is 13.6 Å². The smallest absolute Gasteiger partial charge is 0.239 e. The highest BCUT2D eigenvalue weighted by Crippen LogP contribution is 2.14. The van der Waals surface area contributed by atoms with Crippen LogP contribution in [-0.4, -0.2) is 35.4 Å². The van der Waals surface area contributed by atoms with Gasteiger partial charge in [-0.3, -0.25) is 9.78 Å². The molecule has 20 heavy (non-hydrogen) atoms. The second-order valence-electron chi connectivity index (χ2n) is 5.01. The Bertz CT molecular complexity index is 597. The molecule has 1 atom stereocenters. The van der Waals surface area contributed by atoms with E-state index in [1.165, 1.54) is 10.9 Å². The third kappa shape index (κ3) is 3.33. The van der Waals surface area contributed by atoms with E-state index >= 15 is 0 Å². The summed E-state index contributed by atoms with van der Waals surface area (Å²) in [5, 5.41) is 5.57. The van der Waals surface area contributed by atoms with Crippen molar-refractivity contribution in [1.29, 1.82) is 0 Å². The Morgan fingerprint density at radius 1 is 1.35 bits per heavy atom. The average molecular weight is 271 g/mol. The van der Waals surface area contributed by atoms with E-state index in [1.807, 2.05) is 33.2 Å². The predicted octanol–water partition coefficient (Wildman–Crippen LogP) is 2.19. The predicted molar refractivity (Wildman–Crippen MR) is 81.4 cm³/mol. The highest BCUT2D eigenvalue weighted by Gasteiger charge is 2.15. The number of pyridine rings is 1. The Labute approximate surface area is 119 Å². The zero-order chi connectivity index (χ0) is 14.5. The van der Waals surface area contributed by atoms with Gasteiger partial charge in [-0.2, -0.15) is 0 Å². The van der Waals surface area contributed by atoms with Gasteiger partial charge >= 0.3 is 0 Å². The van der Waals surface area contributed by atoms with E-state index in [1.54, 1.807) is 11.1 Å². The minimum atomic E-state index is -0.173. The zero-order valence-electron chi connectivity index (χ0n) is 12.3. The number of nitrogens with zero attached hydrogens (tertiary/aromatic N) is 2. The Balaban J connectivity index is 2.00. The maximum Gasteiger partial charge on any atom is 0.239 e.